The van der Waals surface area contributed by atoms with Gasteiger partial charge in [0.1, 0.15) is 11.6 Å². The highest BCUT2D eigenvalue weighted by molar-refractivity contribution is 6.39. The van der Waals surface area contributed by atoms with Crippen LogP contribution in [0.1, 0.15) is 21.5 Å². The second-order valence-electron chi connectivity index (χ2n) is 6.56. The molecule has 0 aliphatic rings. The van der Waals surface area contributed by atoms with E-state index in [1.807, 2.05) is 19.1 Å². The third kappa shape index (κ3) is 5.99. The van der Waals surface area contributed by atoms with Crippen molar-refractivity contribution in [3.63, 3.8) is 0 Å². The van der Waals surface area contributed by atoms with E-state index in [2.05, 4.69) is 15.8 Å². The molecule has 0 aromatic heterocycles. The molecular formula is C23H17ClFN3O4. The largest absolute Gasteiger partial charge is 0.423 e. The second-order valence-corrected chi connectivity index (χ2v) is 6.96. The van der Waals surface area contributed by atoms with Gasteiger partial charge in [-0.15, -0.1) is 0 Å². The van der Waals surface area contributed by atoms with Gasteiger partial charge in [-0.1, -0.05) is 29.8 Å². The Kier molecular flexibility index (Phi) is 7.30. The smallest absolute Gasteiger partial charge is 0.343 e. The molecule has 2 N–H and O–H groups in total. The lowest BCUT2D eigenvalue weighted by molar-refractivity contribution is -0.136. The van der Waals surface area contributed by atoms with Crippen LogP contribution < -0.4 is 15.5 Å². The van der Waals surface area contributed by atoms with Crippen LogP contribution in [0.2, 0.25) is 5.02 Å². The predicted octanol–water partition coefficient (Wildman–Crippen LogP) is 4.10. The predicted molar refractivity (Wildman–Crippen MR) is 118 cm³/mol. The standard InChI is InChI=1S/C23H17ClFN3O4/c1-14-4-2-3-5-18(14)23(31)32-17-9-6-15(7-10-17)13-26-28-22(30)21(29)27-16-8-11-20(25)19(24)12-16/h2-13H,1H3,(H,27,29)(H,28,30)/b26-13+. The van der Waals surface area contributed by atoms with E-state index in [9.17, 15) is 18.8 Å². The lowest BCUT2D eigenvalue weighted by Gasteiger charge is -2.06. The fourth-order valence-corrected chi connectivity index (χ4v) is 2.74. The number of amides is 2. The monoisotopic (exact) mass is 453 g/mol. The number of aryl methyl sites for hydroxylation is 1. The zero-order valence-electron chi connectivity index (χ0n) is 16.8. The minimum atomic E-state index is -1.02. The van der Waals surface area contributed by atoms with Crippen molar-refractivity contribution in [2.45, 2.75) is 6.92 Å². The Bertz CT molecular complexity index is 1200. The number of carbonyl (C=O) groups is 3. The van der Waals surface area contributed by atoms with Crippen molar-refractivity contribution in [3.05, 3.63) is 94.3 Å². The molecule has 0 radical (unpaired) electrons. The molecule has 0 unspecified atom stereocenters. The lowest BCUT2D eigenvalue weighted by Crippen LogP contribution is -2.32. The summed E-state index contributed by atoms with van der Waals surface area (Å²) in [7, 11) is 0. The normalized spacial score (nSPS) is 10.6. The highest BCUT2D eigenvalue weighted by atomic mass is 35.5. The Hall–Kier alpha value is -4.04. The van der Waals surface area contributed by atoms with Crippen LogP contribution >= 0.6 is 11.6 Å². The van der Waals surface area contributed by atoms with Crippen LogP contribution in [0.5, 0.6) is 5.75 Å². The molecule has 0 spiro atoms. The summed E-state index contributed by atoms with van der Waals surface area (Å²) in [5, 5.41) is 5.80. The van der Waals surface area contributed by atoms with E-state index in [1.165, 1.54) is 18.3 Å². The summed E-state index contributed by atoms with van der Waals surface area (Å²) < 4.78 is 18.5. The Morgan fingerprint density at radius 3 is 2.41 bits per heavy atom. The number of ether oxygens (including phenoxy) is 1. The number of hydrogen-bond donors (Lipinski definition) is 2. The molecule has 0 aliphatic heterocycles. The summed E-state index contributed by atoms with van der Waals surface area (Å²) in [4.78, 5) is 35.9. The molecule has 9 heteroatoms. The summed E-state index contributed by atoms with van der Waals surface area (Å²) in [6, 6.07) is 17.0. The molecule has 3 aromatic rings. The quantitative estimate of drug-likeness (QED) is 0.200. The Morgan fingerprint density at radius 1 is 1.00 bits per heavy atom. The fraction of sp³-hybridized carbons (Fsp3) is 0.0435. The zero-order chi connectivity index (χ0) is 23.1. The minimum Gasteiger partial charge on any atom is -0.423 e. The van der Waals surface area contributed by atoms with Crippen molar-refractivity contribution in [2.24, 2.45) is 5.10 Å². The third-order valence-electron chi connectivity index (χ3n) is 4.22. The number of anilines is 1. The van der Waals surface area contributed by atoms with Crippen LogP contribution in [0.4, 0.5) is 10.1 Å². The molecule has 0 atom stereocenters. The molecular weight excluding hydrogens is 437 g/mol. The van der Waals surface area contributed by atoms with E-state index >= 15 is 0 Å². The van der Waals surface area contributed by atoms with E-state index in [0.717, 1.165) is 11.6 Å². The molecule has 0 saturated heterocycles. The maximum atomic E-state index is 13.1. The van der Waals surface area contributed by atoms with Crippen molar-refractivity contribution in [1.82, 2.24) is 5.43 Å². The van der Waals surface area contributed by atoms with Crippen molar-refractivity contribution >= 4 is 41.3 Å². The summed E-state index contributed by atoms with van der Waals surface area (Å²) >= 11 is 5.63. The van der Waals surface area contributed by atoms with E-state index in [-0.39, 0.29) is 10.7 Å². The van der Waals surface area contributed by atoms with Gasteiger partial charge in [-0.3, -0.25) is 9.59 Å². The highest BCUT2D eigenvalue weighted by Crippen LogP contribution is 2.19. The second kappa shape index (κ2) is 10.3. The summed E-state index contributed by atoms with van der Waals surface area (Å²) in [6.07, 6.45) is 1.31. The van der Waals surface area contributed by atoms with Gasteiger partial charge in [0.25, 0.3) is 0 Å². The number of benzene rings is 3. The Balaban J connectivity index is 1.52. The summed E-state index contributed by atoms with van der Waals surface area (Å²) in [5.41, 5.74) is 4.11. The van der Waals surface area contributed by atoms with Gasteiger partial charge in [-0.2, -0.15) is 5.10 Å². The lowest BCUT2D eigenvalue weighted by atomic mass is 10.1. The Labute approximate surface area is 187 Å². The van der Waals surface area contributed by atoms with Crippen LogP contribution in [0.15, 0.2) is 71.8 Å². The van der Waals surface area contributed by atoms with Crippen molar-refractivity contribution < 1.29 is 23.5 Å². The van der Waals surface area contributed by atoms with E-state index in [0.29, 0.717) is 16.9 Å². The number of halogens is 2. The number of hydrazone groups is 1. The van der Waals surface area contributed by atoms with Gasteiger partial charge in [-0.25, -0.2) is 14.6 Å². The average molecular weight is 454 g/mol. The molecule has 0 saturated carbocycles. The molecule has 0 bridgehead atoms. The first kappa shape index (κ1) is 22.6. The van der Waals surface area contributed by atoms with Gasteiger partial charge < -0.3 is 10.1 Å². The number of carbonyl (C=O) groups excluding carboxylic acids is 3. The summed E-state index contributed by atoms with van der Waals surface area (Å²) in [5.74, 6) is -2.79. The van der Waals surface area contributed by atoms with Crippen LogP contribution in [0, 0.1) is 12.7 Å². The van der Waals surface area contributed by atoms with Crippen LogP contribution in [0.25, 0.3) is 0 Å². The minimum absolute atomic E-state index is 0.163. The van der Waals surface area contributed by atoms with Gasteiger partial charge >= 0.3 is 17.8 Å². The van der Waals surface area contributed by atoms with Gasteiger partial charge in [0.2, 0.25) is 0 Å². The Morgan fingerprint density at radius 2 is 1.72 bits per heavy atom. The molecule has 2 amide bonds. The van der Waals surface area contributed by atoms with E-state index in [1.54, 1.807) is 36.4 Å². The molecule has 162 valence electrons. The first-order valence-electron chi connectivity index (χ1n) is 9.31. The highest BCUT2D eigenvalue weighted by Gasteiger charge is 2.14. The molecule has 32 heavy (non-hydrogen) atoms. The number of nitrogens with one attached hydrogen (secondary N) is 2. The van der Waals surface area contributed by atoms with Crippen LogP contribution in [-0.4, -0.2) is 24.0 Å². The molecule has 0 aliphatic carbocycles. The molecule has 3 aromatic carbocycles. The third-order valence-corrected chi connectivity index (χ3v) is 4.51. The number of hydrogen-bond acceptors (Lipinski definition) is 5. The molecule has 3 rings (SSSR count). The first-order valence-corrected chi connectivity index (χ1v) is 9.68. The fourth-order valence-electron chi connectivity index (χ4n) is 2.56. The zero-order valence-corrected chi connectivity index (χ0v) is 17.5. The summed E-state index contributed by atoms with van der Waals surface area (Å²) in [6.45, 7) is 1.82. The van der Waals surface area contributed by atoms with Crippen LogP contribution in [-0.2, 0) is 9.59 Å². The average Bonchev–Trinajstić information content (AvgIpc) is 2.77. The first-order chi connectivity index (χ1) is 15.3. The maximum absolute atomic E-state index is 13.1. The van der Waals surface area contributed by atoms with E-state index < -0.39 is 23.6 Å². The SMILES string of the molecule is Cc1ccccc1C(=O)Oc1ccc(/C=N/NC(=O)C(=O)Nc2ccc(F)c(Cl)c2)cc1. The van der Waals surface area contributed by atoms with Crippen molar-refractivity contribution in [2.75, 3.05) is 5.32 Å². The number of nitrogens with zero attached hydrogens (tertiary/aromatic N) is 1. The maximum Gasteiger partial charge on any atom is 0.343 e. The van der Waals surface area contributed by atoms with E-state index in [4.69, 9.17) is 16.3 Å². The molecule has 0 heterocycles. The van der Waals surface area contributed by atoms with Crippen molar-refractivity contribution in [1.29, 1.82) is 0 Å². The van der Waals surface area contributed by atoms with Gasteiger partial charge in [0, 0.05) is 5.69 Å². The molecule has 7 nitrogen and oxygen atoms in total. The number of esters is 1. The molecule has 0 fully saturated rings. The topological polar surface area (TPSA) is 96.9 Å². The number of rotatable bonds is 5. The van der Waals surface area contributed by atoms with Gasteiger partial charge in [-0.05, 0) is 66.6 Å². The van der Waals surface area contributed by atoms with Gasteiger partial charge in [0.15, 0.2) is 0 Å². The van der Waals surface area contributed by atoms with Gasteiger partial charge in [0.05, 0.1) is 16.8 Å². The van der Waals surface area contributed by atoms with Crippen molar-refractivity contribution in [3.8, 4) is 5.75 Å². The van der Waals surface area contributed by atoms with Crippen LogP contribution in [0.3, 0.4) is 0 Å².